The third kappa shape index (κ3) is 4.73. The van der Waals surface area contributed by atoms with Crippen molar-refractivity contribution in [1.82, 2.24) is 4.90 Å². The summed E-state index contributed by atoms with van der Waals surface area (Å²) in [6, 6.07) is 14.2. The van der Waals surface area contributed by atoms with Crippen LogP contribution in [0.3, 0.4) is 0 Å². The largest absolute Gasteiger partial charge is 0.508 e. The van der Waals surface area contributed by atoms with Gasteiger partial charge in [-0.3, -0.25) is 14.5 Å². The van der Waals surface area contributed by atoms with Gasteiger partial charge < -0.3 is 24.6 Å². The Morgan fingerprint density at radius 1 is 1.17 bits per heavy atom. The number of phenols is 1. The van der Waals surface area contributed by atoms with E-state index in [9.17, 15) is 19.8 Å². The Balaban J connectivity index is 1.29. The Labute approximate surface area is 205 Å². The molecule has 5 rings (SSSR count). The van der Waals surface area contributed by atoms with Crippen LogP contribution in [0, 0.1) is 11.8 Å². The van der Waals surface area contributed by atoms with E-state index < -0.39 is 11.6 Å². The molecular formula is C27H32N2O6. The summed E-state index contributed by atoms with van der Waals surface area (Å²) < 4.78 is 12.9. The Bertz CT molecular complexity index is 1100. The number of piperidine rings is 1. The summed E-state index contributed by atoms with van der Waals surface area (Å²) in [5.41, 5.74) is 1.11. The number of phenolic OH excluding ortho intramolecular Hbond substituents is 1. The number of ether oxygens (including phenoxy) is 2. The van der Waals surface area contributed by atoms with Crippen LogP contribution in [0.5, 0.6) is 11.5 Å². The van der Waals surface area contributed by atoms with Crippen molar-refractivity contribution < 1.29 is 29.3 Å². The summed E-state index contributed by atoms with van der Waals surface area (Å²) in [6.07, 6.45) is 1.71. The van der Waals surface area contributed by atoms with Gasteiger partial charge in [0.15, 0.2) is 0 Å². The van der Waals surface area contributed by atoms with E-state index in [1.165, 1.54) is 4.90 Å². The minimum absolute atomic E-state index is 0.0856. The van der Waals surface area contributed by atoms with Crippen molar-refractivity contribution in [2.45, 2.75) is 44.5 Å². The molecule has 8 nitrogen and oxygen atoms in total. The van der Waals surface area contributed by atoms with E-state index in [-0.39, 0.29) is 48.8 Å². The summed E-state index contributed by atoms with van der Waals surface area (Å²) in [4.78, 5) is 28.0. The average molecular weight is 481 g/mol. The van der Waals surface area contributed by atoms with Crippen LogP contribution in [0.1, 0.15) is 38.4 Å². The summed E-state index contributed by atoms with van der Waals surface area (Å²) in [5.74, 6) is -0.00924. The van der Waals surface area contributed by atoms with Gasteiger partial charge in [-0.15, -0.1) is 0 Å². The zero-order valence-electron chi connectivity index (χ0n) is 20.1. The molecule has 3 aliphatic rings. The first-order valence-electron chi connectivity index (χ1n) is 12.2. The lowest BCUT2D eigenvalue weighted by Crippen LogP contribution is -2.56. The first-order chi connectivity index (χ1) is 16.7. The fourth-order valence-electron chi connectivity index (χ4n) is 5.86. The number of anilines is 1. The number of carbonyl (C=O) groups excluding carboxylic acids is 1. The van der Waals surface area contributed by atoms with Crippen molar-refractivity contribution >= 4 is 17.6 Å². The number of carboxylic acid groups (broad SMARTS) is 1. The van der Waals surface area contributed by atoms with Crippen LogP contribution in [-0.2, 0) is 14.3 Å². The van der Waals surface area contributed by atoms with E-state index in [4.69, 9.17) is 9.47 Å². The van der Waals surface area contributed by atoms with E-state index in [0.717, 1.165) is 18.4 Å². The molecule has 1 amide bonds. The number of carbonyl (C=O) groups is 2. The molecule has 0 aromatic heterocycles. The highest BCUT2D eigenvalue weighted by atomic mass is 16.5. The second-order valence-corrected chi connectivity index (χ2v) is 10.4. The molecule has 35 heavy (non-hydrogen) atoms. The van der Waals surface area contributed by atoms with Gasteiger partial charge in [0.25, 0.3) is 0 Å². The van der Waals surface area contributed by atoms with Crippen LogP contribution in [0.15, 0.2) is 48.5 Å². The predicted molar refractivity (Wildman–Crippen MR) is 130 cm³/mol. The number of aromatic hydroxyl groups is 1. The van der Waals surface area contributed by atoms with Gasteiger partial charge in [-0.1, -0.05) is 18.2 Å². The van der Waals surface area contributed by atoms with E-state index in [1.807, 2.05) is 12.1 Å². The molecule has 0 aliphatic carbocycles. The topological polar surface area (TPSA) is 99.5 Å². The van der Waals surface area contributed by atoms with Gasteiger partial charge in [-0.2, -0.15) is 0 Å². The van der Waals surface area contributed by atoms with Crippen LogP contribution < -0.4 is 9.64 Å². The monoisotopic (exact) mass is 480 g/mol. The van der Waals surface area contributed by atoms with Gasteiger partial charge in [-0.05, 0) is 56.9 Å². The van der Waals surface area contributed by atoms with E-state index in [2.05, 4.69) is 18.7 Å². The lowest BCUT2D eigenvalue weighted by atomic mass is 9.70. The number of amides is 1. The van der Waals surface area contributed by atoms with Gasteiger partial charge >= 0.3 is 5.97 Å². The SMILES string of the molecule is CC1(C)Oc2cc(O)ccc2[C@@H]2O[C@@H]3CCN(CC(=O)N(CC(=O)O)c4ccccc4)C[C@H]3C[C@H]21. The van der Waals surface area contributed by atoms with Gasteiger partial charge in [0, 0.05) is 36.3 Å². The molecule has 2 fully saturated rings. The Kier molecular flexibility index (Phi) is 6.19. The molecule has 2 aromatic carbocycles. The lowest BCUT2D eigenvalue weighted by molar-refractivity contribution is -0.187. The molecule has 8 heteroatoms. The maximum atomic E-state index is 13.2. The minimum Gasteiger partial charge on any atom is -0.508 e. The predicted octanol–water partition coefficient (Wildman–Crippen LogP) is 3.45. The first kappa shape index (κ1) is 23.6. The Morgan fingerprint density at radius 3 is 2.69 bits per heavy atom. The molecule has 3 heterocycles. The van der Waals surface area contributed by atoms with Crippen LogP contribution in [0.2, 0.25) is 0 Å². The van der Waals surface area contributed by atoms with Crippen molar-refractivity contribution in [2.24, 2.45) is 11.8 Å². The number of para-hydroxylation sites is 1. The highest BCUT2D eigenvalue weighted by Crippen LogP contribution is 2.53. The zero-order chi connectivity index (χ0) is 24.7. The number of hydrogen-bond acceptors (Lipinski definition) is 6. The number of fused-ring (bicyclic) bond motifs is 4. The Morgan fingerprint density at radius 2 is 1.94 bits per heavy atom. The van der Waals surface area contributed by atoms with Crippen molar-refractivity contribution in [1.29, 1.82) is 0 Å². The maximum Gasteiger partial charge on any atom is 0.323 e. The molecular weight excluding hydrogens is 448 g/mol. The number of nitrogens with zero attached hydrogens (tertiary/aromatic N) is 2. The van der Waals surface area contributed by atoms with Gasteiger partial charge in [-0.25, -0.2) is 0 Å². The molecule has 0 radical (unpaired) electrons. The number of hydrogen-bond donors (Lipinski definition) is 2. The zero-order valence-corrected chi connectivity index (χ0v) is 20.1. The standard InChI is InChI=1S/C27H32N2O6/c1-27(2)21-12-17-14-28(15-24(31)29(16-25(32)33)18-6-4-3-5-7-18)11-10-22(17)34-26(21)20-9-8-19(30)13-23(20)35-27/h3-9,13,17,21-22,26,30H,10-12,14-16H2,1-2H3,(H,32,33)/t17-,21-,22-,26+/m1/s1. The summed E-state index contributed by atoms with van der Waals surface area (Å²) in [6.45, 7) is 5.36. The number of aliphatic carboxylic acids is 1. The van der Waals surface area contributed by atoms with Crippen LogP contribution in [-0.4, -0.2) is 64.9 Å². The third-order valence-corrected chi connectivity index (χ3v) is 7.58. The van der Waals surface area contributed by atoms with Crippen molar-refractivity contribution in [3.8, 4) is 11.5 Å². The van der Waals surface area contributed by atoms with E-state index in [0.29, 0.717) is 24.5 Å². The van der Waals surface area contributed by atoms with Gasteiger partial charge in [0.05, 0.1) is 18.8 Å². The quantitative estimate of drug-likeness (QED) is 0.676. The van der Waals surface area contributed by atoms with Crippen LogP contribution in [0.25, 0.3) is 0 Å². The van der Waals surface area contributed by atoms with Crippen molar-refractivity contribution in [2.75, 3.05) is 31.1 Å². The van der Waals surface area contributed by atoms with Crippen molar-refractivity contribution in [3.63, 3.8) is 0 Å². The molecule has 2 saturated heterocycles. The number of rotatable bonds is 5. The molecule has 0 unspecified atom stereocenters. The number of likely N-dealkylation sites (tertiary alicyclic amines) is 1. The summed E-state index contributed by atoms with van der Waals surface area (Å²) >= 11 is 0. The normalized spacial score (nSPS) is 27.0. The second-order valence-electron chi connectivity index (χ2n) is 10.4. The average Bonchev–Trinajstić information content (AvgIpc) is 2.81. The second kappa shape index (κ2) is 9.17. The smallest absolute Gasteiger partial charge is 0.323 e. The van der Waals surface area contributed by atoms with E-state index >= 15 is 0 Å². The first-order valence-corrected chi connectivity index (χ1v) is 12.2. The molecule has 4 atom stereocenters. The number of carboxylic acids is 1. The van der Waals surface area contributed by atoms with E-state index in [1.54, 1.807) is 36.4 Å². The molecule has 186 valence electrons. The highest BCUT2D eigenvalue weighted by Gasteiger charge is 2.51. The van der Waals surface area contributed by atoms with Gasteiger partial charge in [0.2, 0.25) is 5.91 Å². The van der Waals surface area contributed by atoms with Crippen LogP contribution in [0.4, 0.5) is 5.69 Å². The Hall–Kier alpha value is -3.10. The van der Waals surface area contributed by atoms with Crippen molar-refractivity contribution in [3.05, 3.63) is 54.1 Å². The molecule has 2 aromatic rings. The fourth-order valence-corrected chi connectivity index (χ4v) is 5.86. The van der Waals surface area contributed by atoms with Crippen LogP contribution >= 0.6 is 0 Å². The minimum atomic E-state index is -1.04. The summed E-state index contributed by atoms with van der Waals surface area (Å²) in [5, 5.41) is 19.3. The molecule has 3 aliphatic heterocycles. The lowest BCUT2D eigenvalue weighted by Gasteiger charge is -2.53. The maximum absolute atomic E-state index is 13.2. The third-order valence-electron chi connectivity index (χ3n) is 7.58. The molecule has 0 bridgehead atoms. The number of benzene rings is 2. The van der Waals surface area contributed by atoms with Gasteiger partial charge in [0.1, 0.15) is 23.6 Å². The fraction of sp³-hybridized carbons (Fsp3) is 0.481. The molecule has 2 N–H and O–H groups in total. The molecule has 0 spiro atoms. The molecule has 0 saturated carbocycles. The highest BCUT2D eigenvalue weighted by molar-refractivity contribution is 5.98. The summed E-state index contributed by atoms with van der Waals surface area (Å²) in [7, 11) is 0.